The third-order valence-electron chi connectivity index (χ3n) is 6.15. The molecule has 41 heavy (non-hydrogen) atoms. The minimum Gasteiger partial charge on any atom is -0.494 e. The Morgan fingerprint density at radius 1 is 1.00 bits per heavy atom. The van der Waals surface area contributed by atoms with Gasteiger partial charge in [-0.05, 0) is 76.0 Å². The number of pyridine rings is 1. The second-order valence-corrected chi connectivity index (χ2v) is 12.5. The topological polar surface area (TPSA) is 119 Å². The van der Waals surface area contributed by atoms with Crippen LogP contribution in [0.5, 0.6) is 17.4 Å². The summed E-state index contributed by atoms with van der Waals surface area (Å²) in [6.07, 6.45) is -0.792. The number of nitriles is 1. The van der Waals surface area contributed by atoms with Gasteiger partial charge in [-0.1, -0.05) is 33.2 Å². The average molecular weight is 705 g/mol. The van der Waals surface area contributed by atoms with Crippen LogP contribution in [0.1, 0.15) is 24.2 Å². The second kappa shape index (κ2) is 14.6. The van der Waals surface area contributed by atoms with Crippen LogP contribution in [0.15, 0.2) is 60.7 Å². The Morgan fingerprint density at radius 2 is 1.68 bits per heavy atom. The molecule has 0 aliphatic heterocycles. The summed E-state index contributed by atoms with van der Waals surface area (Å²) >= 11 is 3.72. The number of aliphatic hydroxyl groups excluding tert-OH is 1. The second-order valence-electron chi connectivity index (χ2n) is 8.64. The largest absolute Gasteiger partial charge is 0.494 e. The average Bonchev–Trinajstić information content (AvgIpc) is 3.46. The summed E-state index contributed by atoms with van der Waals surface area (Å²) in [7, 11) is 6.43. The van der Waals surface area contributed by atoms with E-state index in [0.717, 1.165) is 11.3 Å². The molecule has 0 bridgehead atoms. The van der Waals surface area contributed by atoms with E-state index in [1.165, 1.54) is 11.9 Å². The summed E-state index contributed by atoms with van der Waals surface area (Å²) in [4.78, 5) is 4.62. The van der Waals surface area contributed by atoms with Crippen LogP contribution in [-0.2, 0) is 0 Å². The molecule has 0 amide bonds. The Labute approximate surface area is 259 Å². The molecule has 0 aliphatic rings. The first kappa shape index (κ1) is 30.8. The van der Waals surface area contributed by atoms with Crippen molar-refractivity contribution >= 4 is 48.0 Å². The van der Waals surface area contributed by atoms with Gasteiger partial charge < -0.3 is 19.3 Å². The Kier molecular flexibility index (Phi) is 11.0. The van der Waals surface area contributed by atoms with E-state index in [9.17, 15) is 5.11 Å². The minimum atomic E-state index is -0.792. The lowest BCUT2D eigenvalue weighted by Gasteiger charge is -2.28. The van der Waals surface area contributed by atoms with E-state index >= 15 is 0 Å². The minimum absolute atomic E-state index is 0.273. The van der Waals surface area contributed by atoms with Gasteiger partial charge in [-0.3, -0.25) is 8.87 Å². The van der Waals surface area contributed by atoms with E-state index in [1.54, 1.807) is 60.6 Å². The Morgan fingerprint density at radius 3 is 2.29 bits per heavy atom. The fraction of sp³-hybridized carbons (Fsp3) is 0.286. The molecule has 10 nitrogen and oxygen atoms in total. The number of benzene rings is 2. The van der Waals surface area contributed by atoms with E-state index in [-0.39, 0.29) is 5.25 Å². The van der Waals surface area contributed by atoms with Crippen LogP contribution < -0.4 is 18.5 Å². The molecule has 0 saturated carbocycles. The highest BCUT2D eigenvalue weighted by atomic mass is 127. The highest BCUT2D eigenvalue weighted by Crippen LogP contribution is 2.41. The number of methoxy groups -OCH3 is 3. The van der Waals surface area contributed by atoms with Crippen molar-refractivity contribution in [2.24, 2.45) is 0 Å². The van der Waals surface area contributed by atoms with Crippen LogP contribution in [0.4, 0.5) is 5.95 Å². The molecular weight excluding hydrogens is 675 g/mol. The molecule has 4 aromatic rings. The number of nitrogens with zero attached hydrogens (tertiary/aromatic N) is 6. The molecule has 2 atom stereocenters. The molecule has 214 valence electrons. The smallest absolute Gasteiger partial charge is 0.242 e. The van der Waals surface area contributed by atoms with Crippen LogP contribution in [0.2, 0.25) is 0 Å². The lowest BCUT2D eigenvalue weighted by molar-refractivity contribution is 0.179. The lowest BCUT2D eigenvalue weighted by Crippen LogP contribution is -2.26. The molecule has 0 saturated heterocycles. The van der Waals surface area contributed by atoms with Gasteiger partial charge in [-0.2, -0.15) is 5.26 Å². The van der Waals surface area contributed by atoms with Gasteiger partial charge in [0.05, 0.1) is 44.3 Å². The monoisotopic (exact) mass is 704 g/mol. The molecule has 0 aliphatic carbocycles. The van der Waals surface area contributed by atoms with Gasteiger partial charge in [0.2, 0.25) is 11.8 Å². The molecule has 0 fully saturated rings. The third-order valence-corrected chi connectivity index (χ3v) is 9.00. The Hall–Kier alpha value is -3.19. The zero-order chi connectivity index (χ0) is 29.4. The van der Waals surface area contributed by atoms with Gasteiger partial charge in [0, 0.05) is 18.4 Å². The van der Waals surface area contributed by atoms with Gasteiger partial charge in [0.1, 0.15) is 22.9 Å². The van der Waals surface area contributed by atoms with E-state index in [1.807, 2.05) is 46.1 Å². The molecule has 4 rings (SSSR count). The first-order valence-electron chi connectivity index (χ1n) is 12.5. The van der Waals surface area contributed by atoms with E-state index < -0.39 is 6.10 Å². The van der Waals surface area contributed by atoms with Crippen molar-refractivity contribution in [3.05, 3.63) is 71.8 Å². The fourth-order valence-corrected chi connectivity index (χ4v) is 6.16. The van der Waals surface area contributed by atoms with Gasteiger partial charge in [0.15, 0.2) is 5.82 Å². The first-order chi connectivity index (χ1) is 19.9. The quantitative estimate of drug-likeness (QED) is 0.133. The fourth-order valence-electron chi connectivity index (χ4n) is 4.12. The summed E-state index contributed by atoms with van der Waals surface area (Å²) < 4.78 is 20.8. The lowest BCUT2D eigenvalue weighted by atomic mass is 10.1. The zero-order valence-electron chi connectivity index (χ0n) is 22.9. The van der Waals surface area contributed by atoms with Gasteiger partial charge in [-0.25, -0.2) is 4.98 Å². The van der Waals surface area contributed by atoms with Crippen LogP contribution in [0, 0.1) is 11.3 Å². The van der Waals surface area contributed by atoms with E-state index in [4.69, 9.17) is 19.5 Å². The summed E-state index contributed by atoms with van der Waals surface area (Å²) in [5, 5.41) is 29.3. The van der Waals surface area contributed by atoms with Gasteiger partial charge in [0.25, 0.3) is 0 Å². The van der Waals surface area contributed by atoms with Crippen LogP contribution in [-0.4, -0.2) is 63.7 Å². The molecular formula is C28H29IN6O4S2. The number of hydrogen-bond donors (Lipinski definition) is 1. The molecule has 2 aromatic carbocycles. The Balaban J connectivity index is 1.84. The van der Waals surface area contributed by atoms with Crippen molar-refractivity contribution < 1.29 is 19.3 Å². The number of rotatable bonds is 13. The third kappa shape index (κ3) is 7.00. The standard InChI is InChI=1S/C28H29IN6O4S2/c1-18(26(36)20-13-11-19(17-30)12-14-20)41-34(15-16-40-29)28-33-32-27(21-7-5-10-24(31-21)39-4)35(28)25-22(37-2)8-6-9-23(25)38-3/h5-14,18,26,36H,15-16H2,1-4H3. The summed E-state index contributed by atoms with van der Waals surface area (Å²) in [6.45, 7) is 2.55. The van der Waals surface area contributed by atoms with Crippen LogP contribution >= 0.6 is 42.1 Å². The van der Waals surface area contributed by atoms with Gasteiger partial charge in [-0.15, -0.1) is 10.2 Å². The van der Waals surface area contributed by atoms with E-state index in [2.05, 4.69) is 42.5 Å². The number of para-hydroxylation sites is 1. The Bertz CT molecular complexity index is 1480. The number of halogens is 1. The van der Waals surface area contributed by atoms with Crippen molar-refractivity contribution in [1.82, 2.24) is 19.7 Å². The molecule has 2 unspecified atom stereocenters. The van der Waals surface area contributed by atoms with Crippen LogP contribution in [0.3, 0.4) is 0 Å². The maximum atomic E-state index is 11.2. The number of hydrogen-bond acceptors (Lipinski definition) is 11. The SMILES string of the molecule is COc1cccc(-c2nnc(N(CCSI)SC(C)C(O)c3ccc(C#N)cc3)n2-c2c(OC)cccc2OC)n1. The highest BCUT2D eigenvalue weighted by Gasteiger charge is 2.29. The van der Waals surface area contributed by atoms with Crippen molar-refractivity contribution in [2.45, 2.75) is 18.3 Å². The number of ether oxygens (including phenoxy) is 3. The molecule has 0 radical (unpaired) electrons. The van der Waals surface area contributed by atoms with Crippen molar-refractivity contribution in [3.8, 4) is 40.7 Å². The first-order valence-corrected chi connectivity index (χ1v) is 16.9. The van der Waals surface area contributed by atoms with Crippen molar-refractivity contribution in [3.63, 3.8) is 0 Å². The molecule has 0 spiro atoms. The summed E-state index contributed by atoms with van der Waals surface area (Å²) in [5.41, 5.74) is 2.43. The molecule has 2 aromatic heterocycles. The number of anilines is 1. The summed E-state index contributed by atoms with van der Waals surface area (Å²) in [5.74, 6) is 3.34. The molecule has 2 heterocycles. The highest BCUT2D eigenvalue weighted by molar-refractivity contribution is 14.2. The van der Waals surface area contributed by atoms with Crippen molar-refractivity contribution in [2.75, 3.05) is 37.9 Å². The predicted molar refractivity (Wildman–Crippen MR) is 171 cm³/mol. The maximum Gasteiger partial charge on any atom is 0.242 e. The predicted octanol–water partition coefficient (Wildman–Crippen LogP) is 5.89. The number of aromatic nitrogens is 4. The zero-order valence-corrected chi connectivity index (χ0v) is 26.7. The molecule has 13 heteroatoms. The van der Waals surface area contributed by atoms with E-state index in [0.29, 0.717) is 52.6 Å². The molecule has 1 N–H and O–H groups in total. The number of aliphatic hydroxyl groups is 1. The van der Waals surface area contributed by atoms with Crippen molar-refractivity contribution in [1.29, 1.82) is 5.26 Å². The van der Waals surface area contributed by atoms with Gasteiger partial charge >= 0.3 is 0 Å². The van der Waals surface area contributed by atoms with Crippen LogP contribution in [0.25, 0.3) is 17.2 Å². The normalized spacial score (nSPS) is 12.3. The maximum absolute atomic E-state index is 11.2. The summed E-state index contributed by atoms with van der Waals surface area (Å²) in [6, 6.07) is 20.1.